The minimum Gasteiger partial charge on any atom is -0.389 e. The lowest BCUT2D eigenvalue weighted by atomic mass is 9.94. The Morgan fingerprint density at radius 2 is 1.85 bits per heavy atom. The van der Waals surface area contributed by atoms with E-state index in [1.807, 2.05) is 0 Å². The van der Waals surface area contributed by atoms with E-state index >= 15 is 0 Å². The number of nitrogens with zero attached hydrogens (tertiary/aromatic N) is 2. The number of aliphatic hydroxyl groups excluding tert-OH is 1. The van der Waals surface area contributed by atoms with Crippen LogP contribution in [0.4, 0.5) is 8.78 Å². The number of ether oxygens (including phenoxy) is 2. The average Bonchev–Trinajstić information content (AvgIpc) is 2.80. The number of benzene rings is 1. The molecule has 0 radical (unpaired) electrons. The smallest absolute Gasteiger partial charge is 0.254 e. The first-order valence-electron chi connectivity index (χ1n) is 11.2. The Bertz CT molecular complexity index is 989. The maximum atomic E-state index is 13.3. The molecule has 0 spiro atoms. The lowest BCUT2D eigenvalue weighted by Gasteiger charge is -2.44. The van der Waals surface area contributed by atoms with Gasteiger partial charge < -0.3 is 24.8 Å². The van der Waals surface area contributed by atoms with E-state index in [1.54, 1.807) is 29.4 Å². The maximum absolute atomic E-state index is 13.3. The van der Waals surface area contributed by atoms with Gasteiger partial charge in [-0.05, 0) is 42.7 Å². The quantitative estimate of drug-likeness (QED) is 0.684. The van der Waals surface area contributed by atoms with Crippen LogP contribution in [0.5, 0.6) is 0 Å². The second kappa shape index (κ2) is 11.0. The SMILES string of the molecule is O=C(C[C@@H]1CC[C@@H]2[C@H](COC[C@H](O)CN2C(=O)c2ccncc2)O1)NCc1cc(F)cc(F)c1. The number of pyridine rings is 1. The summed E-state index contributed by atoms with van der Waals surface area (Å²) in [6.45, 7) is 0.368. The number of β-amino-alcohol motifs (C(OH)–C–C–N with tert-alkyl or cyclic N) is 1. The van der Waals surface area contributed by atoms with Crippen molar-refractivity contribution in [3.8, 4) is 0 Å². The van der Waals surface area contributed by atoms with Crippen molar-refractivity contribution in [3.63, 3.8) is 0 Å². The van der Waals surface area contributed by atoms with Gasteiger partial charge in [-0.3, -0.25) is 14.6 Å². The molecule has 0 saturated carbocycles. The van der Waals surface area contributed by atoms with Crippen LogP contribution < -0.4 is 5.32 Å². The monoisotopic (exact) mass is 475 g/mol. The number of hydrogen-bond acceptors (Lipinski definition) is 6. The summed E-state index contributed by atoms with van der Waals surface area (Å²) in [4.78, 5) is 31.2. The van der Waals surface area contributed by atoms with Crippen LogP contribution in [0.25, 0.3) is 0 Å². The highest BCUT2D eigenvalue weighted by atomic mass is 19.1. The van der Waals surface area contributed by atoms with Crippen LogP contribution in [-0.2, 0) is 20.8 Å². The Balaban J connectivity index is 1.37. The summed E-state index contributed by atoms with van der Waals surface area (Å²) in [5.74, 6) is -1.93. The van der Waals surface area contributed by atoms with Crippen LogP contribution in [0.3, 0.4) is 0 Å². The van der Waals surface area contributed by atoms with Crippen LogP contribution >= 0.6 is 0 Å². The van der Waals surface area contributed by atoms with Gasteiger partial charge in [-0.15, -0.1) is 0 Å². The molecule has 2 saturated heterocycles. The van der Waals surface area contributed by atoms with Crippen molar-refractivity contribution in [2.45, 2.75) is 50.2 Å². The van der Waals surface area contributed by atoms with E-state index in [-0.39, 0.29) is 50.6 Å². The van der Waals surface area contributed by atoms with E-state index in [0.29, 0.717) is 24.0 Å². The van der Waals surface area contributed by atoms with Gasteiger partial charge in [-0.25, -0.2) is 8.78 Å². The first-order chi connectivity index (χ1) is 16.4. The van der Waals surface area contributed by atoms with Gasteiger partial charge in [0.25, 0.3) is 5.91 Å². The zero-order valence-electron chi connectivity index (χ0n) is 18.5. The molecule has 0 bridgehead atoms. The van der Waals surface area contributed by atoms with Gasteiger partial charge >= 0.3 is 0 Å². The van der Waals surface area contributed by atoms with Crippen molar-refractivity contribution in [1.82, 2.24) is 15.2 Å². The summed E-state index contributed by atoms with van der Waals surface area (Å²) in [6, 6.07) is 6.04. The molecule has 1 aromatic heterocycles. The fourth-order valence-corrected chi connectivity index (χ4v) is 4.43. The third-order valence-electron chi connectivity index (χ3n) is 5.99. The molecule has 3 heterocycles. The Hall–Kier alpha value is -2.95. The minimum absolute atomic E-state index is 0.00149. The maximum Gasteiger partial charge on any atom is 0.254 e. The topological polar surface area (TPSA) is 101 Å². The molecule has 8 nitrogen and oxygen atoms in total. The number of amides is 2. The zero-order valence-corrected chi connectivity index (χ0v) is 18.5. The van der Waals surface area contributed by atoms with Gasteiger partial charge in [0.15, 0.2) is 0 Å². The van der Waals surface area contributed by atoms with Crippen molar-refractivity contribution in [3.05, 3.63) is 65.5 Å². The summed E-state index contributed by atoms with van der Waals surface area (Å²) < 4.78 is 38.4. The first kappa shape index (κ1) is 24.2. The predicted octanol–water partition coefficient (Wildman–Crippen LogP) is 1.82. The van der Waals surface area contributed by atoms with Gasteiger partial charge in [-0.2, -0.15) is 0 Å². The molecule has 4 atom stereocenters. The third-order valence-corrected chi connectivity index (χ3v) is 5.99. The number of hydrogen-bond donors (Lipinski definition) is 2. The van der Waals surface area contributed by atoms with E-state index in [4.69, 9.17) is 9.47 Å². The largest absolute Gasteiger partial charge is 0.389 e. The molecule has 2 aliphatic rings. The summed E-state index contributed by atoms with van der Waals surface area (Å²) >= 11 is 0. The van der Waals surface area contributed by atoms with Gasteiger partial charge in [0.2, 0.25) is 5.91 Å². The minimum atomic E-state index is -0.817. The molecule has 10 heteroatoms. The highest BCUT2D eigenvalue weighted by Gasteiger charge is 2.40. The third kappa shape index (κ3) is 6.13. The molecule has 2 fully saturated rings. The van der Waals surface area contributed by atoms with Crippen LogP contribution in [0.15, 0.2) is 42.7 Å². The normalized spacial score (nSPS) is 25.1. The molecule has 1 aromatic carbocycles. The second-order valence-electron chi connectivity index (χ2n) is 8.58. The summed E-state index contributed by atoms with van der Waals surface area (Å²) in [5.41, 5.74) is 0.797. The Morgan fingerprint density at radius 3 is 2.59 bits per heavy atom. The fourth-order valence-electron chi connectivity index (χ4n) is 4.43. The summed E-state index contributed by atoms with van der Waals surface area (Å²) in [5, 5.41) is 12.9. The van der Waals surface area contributed by atoms with Gasteiger partial charge in [-0.1, -0.05) is 0 Å². The molecular weight excluding hydrogens is 448 g/mol. The number of fused-ring (bicyclic) bond motifs is 1. The van der Waals surface area contributed by atoms with Gasteiger partial charge in [0.05, 0.1) is 37.9 Å². The molecule has 4 rings (SSSR count). The molecule has 2 aliphatic heterocycles. The number of rotatable bonds is 5. The number of carbonyl (C=O) groups excluding carboxylic acids is 2. The lowest BCUT2D eigenvalue weighted by Crippen LogP contribution is -2.57. The number of halogens is 2. The van der Waals surface area contributed by atoms with Gasteiger partial charge in [0, 0.05) is 37.1 Å². The number of aliphatic hydroxyl groups is 1. The molecule has 0 aliphatic carbocycles. The molecular formula is C24H27F2N3O5. The fraction of sp³-hybridized carbons (Fsp3) is 0.458. The number of carbonyl (C=O) groups is 2. The van der Waals surface area contributed by atoms with E-state index in [1.165, 1.54) is 12.1 Å². The van der Waals surface area contributed by atoms with E-state index in [2.05, 4.69) is 10.3 Å². The Labute approximate surface area is 195 Å². The van der Waals surface area contributed by atoms with E-state index in [9.17, 15) is 23.5 Å². The molecule has 2 N–H and O–H groups in total. The van der Waals surface area contributed by atoms with E-state index in [0.717, 1.165) is 6.07 Å². The number of aromatic nitrogens is 1. The average molecular weight is 475 g/mol. The lowest BCUT2D eigenvalue weighted by molar-refractivity contribution is -0.151. The molecule has 2 amide bonds. The highest BCUT2D eigenvalue weighted by Crippen LogP contribution is 2.28. The summed E-state index contributed by atoms with van der Waals surface area (Å²) in [6.07, 6.45) is 2.59. The first-order valence-corrected chi connectivity index (χ1v) is 11.2. The van der Waals surface area contributed by atoms with Crippen molar-refractivity contribution in [2.75, 3.05) is 19.8 Å². The van der Waals surface area contributed by atoms with E-state index < -0.39 is 29.9 Å². The van der Waals surface area contributed by atoms with Crippen LogP contribution in [0, 0.1) is 11.6 Å². The van der Waals surface area contributed by atoms with Crippen molar-refractivity contribution < 1.29 is 33.0 Å². The molecule has 2 aromatic rings. The predicted molar refractivity (Wildman–Crippen MR) is 117 cm³/mol. The Morgan fingerprint density at radius 1 is 1.12 bits per heavy atom. The van der Waals surface area contributed by atoms with Gasteiger partial charge in [0.1, 0.15) is 17.7 Å². The zero-order chi connectivity index (χ0) is 24.1. The molecule has 0 unspecified atom stereocenters. The molecule has 34 heavy (non-hydrogen) atoms. The van der Waals surface area contributed by atoms with Crippen molar-refractivity contribution in [1.29, 1.82) is 0 Å². The van der Waals surface area contributed by atoms with Crippen LogP contribution in [0.2, 0.25) is 0 Å². The standard InChI is InChI=1S/C24H27F2N3O5/c25-17-7-15(8-18(26)9-17)11-28-23(31)10-20-1-2-21-22(34-20)14-33-13-19(30)12-29(21)24(32)16-3-5-27-6-4-16/h3-9,19-22,30H,1-2,10-14H2,(H,28,31)/t19-,20+,21-,22+/m1/s1. The van der Waals surface area contributed by atoms with Crippen LogP contribution in [-0.4, -0.2) is 70.9 Å². The Kier molecular flexibility index (Phi) is 7.81. The number of nitrogens with one attached hydrogen (secondary N) is 1. The molecule has 182 valence electrons. The van der Waals surface area contributed by atoms with Crippen molar-refractivity contribution in [2.24, 2.45) is 0 Å². The van der Waals surface area contributed by atoms with Crippen LogP contribution in [0.1, 0.15) is 35.2 Å². The summed E-state index contributed by atoms with van der Waals surface area (Å²) in [7, 11) is 0. The highest BCUT2D eigenvalue weighted by molar-refractivity contribution is 5.94. The second-order valence-corrected chi connectivity index (χ2v) is 8.58. The van der Waals surface area contributed by atoms with Crippen molar-refractivity contribution >= 4 is 11.8 Å².